The number of nitrogens with zero attached hydrogens (tertiary/aromatic N) is 2. The highest BCUT2D eigenvalue weighted by atomic mass is 32.2. The molecule has 0 atom stereocenters. The number of hydrogen-bond acceptors (Lipinski definition) is 6. The van der Waals surface area contributed by atoms with Crippen molar-refractivity contribution in [2.45, 2.75) is 10.9 Å². The van der Waals surface area contributed by atoms with E-state index in [9.17, 15) is 4.79 Å². The molecule has 0 saturated heterocycles. The molecule has 0 aliphatic carbocycles. The van der Waals surface area contributed by atoms with Gasteiger partial charge >= 0.3 is 5.97 Å². The second kappa shape index (κ2) is 6.91. The standard InChI is InChI=1S/C14H14N2O3S/c1-18-12-5-3-10(4-6-12)9-20-14-15-7-11(8-16-14)13(17)19-2/h3-8H,9H2,1-2H3. The summed E-state index contributed by atoms with van der Waals surface area (Å²) in [6, 6.07) is 7.82. The van der Waals surface area contributed by atoms with Gasteiger partial charge < -0.3 is 9.47 Å². The maximum atomic E-state index is 11.2. The van der Waals surface area contributed by atoms with Crippen LogP contribution in [-0.2, 0) is 10.5 Å². The van der Waals surface area contributed by atoms with Gasteiger partial charge in [-0.15, -0.1) is 0 Å². The predicted molar refractivity (Wildman–Crippen MR) is 75.9 cm³/mol. The number of benzene rings is 1. The number of carbonyl (C=O) groups is 1. The molecular weight excluding hydrogens is 276 g/mol. The van der Waals surface area contributed by atoms with Gasteiger partial charge in [-0.05, 0) is 17.7 Å². The van der Waals surface area contributed by atoms with Gasteiger partial charge in [0, 0.05) is 18.1 Å². The lowest BCUT2D eigenvalue weighted by Crippen LogP contribution is -2.02. The summed E-state index contributed by atoms with van der Waals surface area (Å²) in [7, 11) is 2.97. The SMILES string of the molecule is COC(=O)c1cnc(SCc2ccc(OC)cc2)nc1. The highest BCUT2D eigenvalue weighted by Crippen LogP contribution is 2.20. The van der Waals surface area contributed by atoms with Crippen LogP contribution in [0.25, 0.3) is 0 Å². The van der Waals surface area contributed by atoms with Crippen LogP contribution < -0.4 is 4.74 Å². The second-order valence-corrected chi connectivity index (χ2v) is 4.83. The van der Waals surface area contributed by atoms with E-state index >= 15 is 0 Å². The molecule has 5 nitrogen and oxygen atoms in total. The topological polar surface area (TPSA) is 61.3 Å². The minimum atomic E-state index is -0.434. The quantitative estimate of drug-likeness (QED) is 0.479. The van der Waals surface area contributed by atoms with Gasteiger partial charge in [-0.2, -0.15) is 0 Å². The molecule has 0 spiro atoms. The highest BCUT2D eigenvalue weighted by molar-refractivity contribution is 7.98. The Kier molecular flexibility index (Phi) is 4.95. The van der Waals surface area contributed by atoms with E-state index in [1.54, 1.807) is 7.11 Å². The molecule has 1 aromatic heterocycles. The lowest BCUT2D eigenvalue weighted by atomic mass is 10.2. The molecule has 0 aliphatic heterocycles. The lowest BCUT2D eigenvalue weighted by Gasteiger charge is -2.03. The fourth-order valence-corrected chi connectivity index (χ4v) is 2.23. The van der Waals surface area contributed by atoms with E-state index in [1.807, 2.05) is 24.3 Å². The monoisotopic (exact) mass is 290 g/mol. The van der Waals surface area contributed by atoms with Crippen molar-refractivity contribution in [3.63, 3.8) is 0 Å². The van der Waals surface area contributed by atoms with Crippen molar-refractivity contribution in [1.29, 1.82) is 0 Å². The van der Waals surface area contributed by atoms with Gasteiger partial charge in [-0.3, -0.25) is 0 Å². The summed E-state index contributed by atoms with van der Waals surface area (Å²) in [5.41, 5.74) is 1.50. The number of aromatic nitrogens is 2. The Morgan fingerprint density at radius 2 is 1.80 bits per heavy atom. The van der Waals surface area contributed by atoms with Crippen LogP contribution in [0, 0.1) is 0 Å². The van der Waals surface area contributed by atoms with E-state index in [4.69, 9.17) is 4.74 Å². The molecule has 1 heterocycles. The fraction of sp³-hybridized carbons (Fsp3) is 0.214. The molecule has 6 heteroatoms. The van der Waals surface area contributed by atoms with Crippen LogP contribution in [0.1, 0.15) is 15.9 Å². The first kappa shape index (κ1) is 14.3. The number of methoxy groups -OCH3 is 2. The molecular formula is C14H14N2O3S. The average molecular weight is 290 g/mol. The van der Waals surface area contributed by atoms with Crippen molar-refractivity contribution in [3.05, 3.63) is 47.8 Å². The molecule has 20 heavy (non-hydrogen) atoms. The molecule has 0 fully saturated rings. The summed E-state index contributed by atoms with van der Waals surface area (Å²) in [5.74, 6) is 1.15. The normalized spacial score (nSPS) is 10.1. The van der Waals surface area contributed by atoms with Gasteiger partial charge in [-0.25, -0.2) is 14.8 Å². The Labute approximate surface area is 121 Å². The first-order valence-corrected chi connectivity index (χ1v) is 6.87. The van der Waals surface area contributed by atoms with Gasteiger partial charge in [0.15, 0.2) is 5.16 Å². The molecule has 1 aromatic carbocycles. The lowest BCUT2D eigenvalue weighted by molar-refractivity contribution is 0.0599. The zero-order valence-electron chi connectivity index (χ0n) is 11.2. The summed E-state index contributed by atoms with van der Waals surface area (Å²) in [6.45, 7) is 0. The van der Waals surface area contributed by atoms with Gasteiger partial charge in [-0.1, -0.05) is 23.9 Å². The van der Waals surface area contributed by atoms with Crippen molar-refractivity contribution in [3.8, 4) is 5.75 Å². The number of ether oxygens (including phenoxy) is 2. The Bertz CT molecular complexity index is 570. The van der Waals surface area contributed by atoms with E-state index in [2.05, 4.69) is 14.7 Å². The van der Waals surface area contributed by atoms with Crippen molar-refractivity contribution in [1.82, 2.24) is 9.97 Å². The summed E-state index contributed by atoms with van der Waals surface area (Å²) in [5, 5.41) is 0.619. The van der Waals surface area contributed by atoms with Crippen molar-refractivity contribution < 1.29 is 14.3 Å². The van der Waals surface area contributed by atoms with Crippen molar-refractivity contribution >= 4 is 17.7 Å². The molecule has 104 valence electrons. The van der Waals surface area contributed by atoms with E-state index in [1.165, 1.54) is 31.3 Å². The molecule has 0 radical (unpaired) electrons. The molecule has 0 unspecified atom stereocenters. The van der Waals surface area contributed by atoms with E-state index < -0.39 is 5.97 Å². The number of thioether (sulfide) groups is 1. The smallest absolute Gasteiger partial charge is 0.341 e. The van der Waals surface area contributed by atoms with Crippen LogP contribution in [0.3, 0.4) is 0 Å². The summed E-state index contributed by atoms with van der Waals surface area (Å²) >= 11 is 1.50. The molecule has 0 saturated carbocycles. The number of hydrogen-bond donors (Lipinski definition) is 0. The number of rotatable bonds is 5. The Hall–Kier alpha value is -2.08. The van der Waals surface area contributed by atoms with Gasteiger partial charge in [0.1, 0.15) is 5.75 Å². The number of esters is 1. The summed E-state index contributed by atoms with van der Waals surface area (Å²) in [6.07, 6.45) is 2.93. The Morgan fingerprint density at radius 3 is 2.35 bits per heavy atom. The predicted octanol–water partition coefficient (Wildman–Crippen LogP) is 2.56. The fourth-order valence-electron chi connectivity index (χ4n) is 1.48. The van der Waals surface area contributed by atoms with Crippen LogP contribution in [0.2, 0.25) is 0 Å². The second-order valence-electron chi connectivity index (χ2n) is 3.88. The van der Waals surface area contributed by atoms with Gasteiger partial charge in [0.25, 0.3) is 0 Å². The van der Waals surface area contributed by atoms with E-state index in [0.717, 1.165) is 17.1 Å². The van der Waals surface area contributed by atoms with Crippen LogP contribution >= 0.6 is 11.8 Å². The maximum Gasteiger partial charge on any atom is 0.341 e. The van der Waals surface area contributed by atoms with E-state index in [0.29, 0.717) is 10.7 Å². The van der Waals surface area contributed by atoms with E-state index in [-0.39, 0.29) is 0 Å². The third-order valence-corrected chi connectivity index (χ3v) is 3.52. The first-order valence-electron chi connectivity index (χ1n) is 5.89. The van der Waals surface area contributed by atoms with Crippen LogP contribution in [-0.4, -0.2) is 30.2 Å². The summed E-state index contributed by atoms with van der Waals surface area (Å²) < 4.78 is 9.69. The maximum absolute atomic E-state index is 11.2. The van der Waals surface area contributed by atoms with Gasteiger partial charge in [0.2, 0.25) is 0 Å². The minimum absolute atomic E-state index is 0.348. The number of carbonyl (C=O) groups excluding carboxylic acids is 1. The third-order valence-electron chi connectivity index (χ3n) is 2.58. The molecule has 0 amide bonds. The van der Waals surface area contributed by atoms with Crippen LogP contribution in [0.15, 0.2) is 41.8 Å². The summed E-state index contributed by atoms with van der Waals surface area (Å²) in [4.78, 5) is 19.5. The van der Waals surface area contributed by atoms with Gasteiger partial charge in [0.05, 0.1) is 19.8 Å². The zero-order valence-corrected chi connectivity index (χ0v) is 12.0. The highest BCUT2D eigenvalue weighted by Gasteiger charge is 2.07. The first-order chi connectivity index (χ1) is 9.72. The minimum Gasteiger partial charge on any atom is -0.497 e. The van der Waals surface area contributed by atoms with Crippen molar-refractivity contribution in [2.24, 2.45) is 0 Å². The van der Waals surface area contributed by atoms with Crippen LogP contribution in [0.5, 0.6) is 5.75 Å². The Morgan fingerprint density at radius 1 is 1.15 bits per heavy atom. The molecule has 2 rings (SSSR count). The molecule has 2 aromatic rings. The molecule has 0 bridgehead atoms. The zero-order chi connectivity index (χ0) is 14.4. The Balaban J connectivity index is 1.94. The molecule has 0 aliphatic rings. The van der Waals surface area contributed by atoms with Crippen LogP contribution in [0.4, 0.5) is 0 Å². The third kappa shape index (κ3) is 3.71. The van der Waals surface area contributed by atoms with Crippen molar-refractivity contribution in [2.75, 3.05) is 14.2 Å². The molecule has 0 N–H and O–H groups in total. The largest absolute Gasteiger partial charge is 0.497 e. The average Bonchev–Trinajstić information content (AvgIpc) is 2.53.